The number of amides is 1. The fourth-order valence-corrected chi connectivity index (χ4v) is 3.85. The maximum Gasteiger partial charge on any atom is 0.248 e. The third-order valence-corrected chi connectivity index (χ3v) is 5.42. The molecule has 1 aromatic rings. The Hall–Kier alpha value is -1.48. The average molecular weight is 356 g/mol. The summed E-state index contributed by atoms with van der Waals surface area (Å²) in [4.78, 5) is 14.0. The third-order valence-electron chi connectivity index (χ3n) is 3.88. The number of carbonyl (C=O) groups is 1. The van der Waals surface area contributed by atoms with Crippen molar-refractivity contribution >= 4 is 15.9 Å². The van der Waals surface area contributed by atoms with E-state index in [4.69, 9.17) is 9.47 Å². The minimum absolute atomic E-state index is 0.0315. The normalized spacial score (nSPS) is 16.3. The van der Waals surface area contributed by atoms with Gasteiger partial charge >= 0.3 is 0 Å². The molecule has 7 nitrogen and oxygen atoms in total. The molecule has 1 aliphatic rings. The Labute approximate surface area is 143 Å². The van der Waals surface area contributed by atoms with E-state index in [1.165, 1.54) is 0 Å². The number of hydrogen-bond donors (Lipinski definition) is 1. The standard InChI is InChI=1S/C16H24N2O5S/c1-22-11-12-23-13-16(19)18-9-7-14(8-10-18)17-24(20,21)15-5-3-2-4-6-15/h2-6,14,17H,7-13H2,1H3. The summed E-state index contributed by atoms with van der Waals surface area (Å²) in [5, 5.41) is 0. The first-order valence-corrected chi connectivity index (χ1v) is 9.43. The number of hydrogen-bond acceptors (Lipinski definition) is 5. The minimum Gasteiger partial charge on any atom is -0.382 e. The highest BCUT2D eigenvalue weighted by atomic mass is 32.2. The number of nitrogens with zero attached hydrogens (tertiary/aromatic N) is 1. The fourth-order valence-electron chi connectivity index (χ4n) is 2.53. The highest BCUT2D eigenvalue weighted by molar-refractivity contribution is 7.89. The van der Waals surface area contributed by atoms with Gasteiger partial charge in [-0.05, 0) is 25.0 Å². The van der Waals surface area contributed by atoms with E-state index in [1.807, 2.05) is 0 Å². The molecule has 24 heavy (non-hydrogen) atoms. The van der Waals surface area contributed by atoms with Crippen LogP contribution < -0.4 is 4.72 Å². The molecule has 0 atom stereocenters. The Kier molecular flexibility index (Phi) is 7.16. The molecule has 0 saturated carbocycles. The number of nitrogens with one attached hydrogen (secondary N) is 1. The fraction of sp³-hybridized carbons (Fsp3) is 0.562. The first-order valence-electron chi connectivity index (χ1n) is 7.95. The van der Waals surface area contributed by atoms with Gasteiger partial charge in [0.1, 0.15) is 6.61 Å². The monoisotopic (exact) mass is 356 g/mol. The topological polar surface area (TPSA) is 84.9 Å². The summed E-state index contributed by atoms with van der Waals surface area (Å²) in [6, 6.07) is 8.14. The van der Waals surface area contributed by atoms with Gasteiger partial charge < -0.3 is 14.4 Å². The highest BCUT2D eigenvalue weighted by Crippen LogP contribution is 2.15. The molecule has 1 aromatic carbocycles. The van der Waals surface area contributed by atoms with Crippen molar-refractivity contribution in [3.63, 3.8) is 0 Å². The largest absolute Gasteiger partial charge is 0.382 e. The van der Waals surface area contributed by atoms with Gasteiger partial charge in [0, 0.05) is 26.2 Å². The van der Waals surface area contributed by atoms with E-state index in [9.17, 15) is 13.2 Å². The lowest BCUT2D eigenvalue weighted by Gasteiger charge is -2.32. The first-order chi connectivity index (χ1) is 11.5. The minimum atomic E-state index is -3.51. The Morgan fingerprint density at radius 3 is 2.50 bits per heavy atom. The van der Waals surface area contributed by atoms with Crippen LogP contribution in [0, 0.1) is 0 Å². The highest BCUT2D eigenvalue weighted by Gasteiger charge is 2.26. The van der Waals surface area contributed by atoms with E-state index >= 15 is 0 Å². The second-order valence-corrected chi connectivity index (χ2v) is 7.35. The number of carbonyl (C=O) groups excluding carboxylic acids is 1. The number of piperidine rings is 1. The van der Waals surface area contributed by atoms with Crippen molar-refractivity contribution in [1.29, 1.82) is 0 Å². The van der Waals surface area contributed by atoms with E-state index < -0.39 is 10.0 Å². The van der Waals surface area contributed by atoms with Crippen molar-refractivity contribution in [1.82, 2.24) is 9.62 Å². The predicted molar refractivity (Wildman–Crippen MR) is 89.1 cm³/mol. The van der Waals surface area contributed by atoms with Gasteiger partial charge in [0.05, 0.1) is 18.1 Å². The van der Waals surface area contributed by atoms with E-state index in [2.05, 4.69) is 4.72 Å². The number of methoxy groups -OCH3 is 1. The Balaban J connectivity index is 1.77. The second kappa shape index (κ2) is 9.12. The molecule has 0 aliphatic carbocycles. The van der Waals surface area contributed by atoms with Crippen LogP contribution in [0.3, 0.4) is 0 Å². The Bertz CT molecular complexity index is 613. The molecule has 1 heterocycles. The molecule has 0 aromatic heterocycles. The summed E-state index contributed by atoms with van der Waals surface area (Å²) in [5.74, 6) is -0.0736. The van der Waals surface area contributed by atoms with Crippen LogP contribution in [0.4, 0.5) is 0 Å². The number of likely N-dealkylation sites (tertiary alicyclic amines) is 1. The van der Waals surface area contributed by atoms with E-state index in [-0.39, 0.29) is 23.5 Å². The van der Waals surface area contributed by atoms with Crippen molar-refractivity contribution in [3.05, 3.63) is 30.3 Å². The SMILES string of the molecule is COCCOCC(=O)N1CCC(NS(=O)(=O)c2ccccc2)CC1. The second-order valence-electron chi connectivity index (χ2n) is 5.63. The van der Waals surface area contributed by atoms with Crippen LogP contribution in [0.5, 0.6) is 0 Å². The summed E-state index contributed by atoms with van der Waals surface area (Å²) >= 11 is 0. The van der Waals surface area contributed by atoms with Gasteiger partial charge in [-0.2, -0.15) is 0 Å². The zero-order chi connectivity index (χ0) is 17.4. The Morgan fingerprint density at radius 1 is 1.21 bits per heavy atom. The van der Waals surface area contributed by atoms with Gasteiger partial charge in [0.2, 0.25) is 15.9 Å². The molecular weight excluding hydrogens is 332 g/mol. The molecule has 0 bridgehead atoms. The first kappa shape index (κ1) is 18.9. The van der Waals surface area contributed by atoms with Gasteiger partial charge in [-0.25, -0.2) is 13.1 Å². The van der Waals surface area contributed by atoms with Crippen LogP contribution in [0.25, 0.3) is 0 Å². The van der Waals surface area contributed by atoms with Gasteiger partial charge in [0.15, 0.2) is 0 Å². The molecule has 0 radical (unpaired) electrons. The lowest BCUT2D eigenvalue weighted by molar-refractivity contribution is -0.137. The number of sulfonamides is 1. The predicted octanol–water partition coefficient (Wildman–Crippen LogP) is 0.619. The zero-order valence-corrected chi connectivity index (χ0v) is 14.6. The van der Waals surface area contributed by atoms with Crippen molar-refractivity contribution in [2.45, 2.75) is 23.8 Å². The van der Waals surface area contributed by atoms with Crippen molar-refractivity contribution in [3.8, 4) is 0 Å². The van der Waals surface area contributed by atoms with Crippen LogP contribution in [-0.2, 0) is 24.3 Å². The molecule has 1 fully saturated rings. The summed E-state index contributed by atoms with van der Waals surface area (Å²) in [7, 11) is -1.93. The third kappa shape index (κ3) is 5.55. The molecule has 0 spiro atoms. The summed E-state index contributed by atoms with van der Waals surface area (Å²) in [5.41, 5.74) is 0. The van der Waals surface area contributed by atoms with Gasteiger partial charge in [-0.3, -0.25) is 4.79 Å². The van der Waals surface area contributed by atoms with Crippen LogP contribution in [-0.4, -0.2) is 65.3 Å². The lowest BCUT2D eigenvalue weighted by atomic mass is 10.1. The average Bonchev–Trinajstić information content (AvgIpc) is 2.60. The number of rotatable bonds is 8. The van der Waals surface area contributed by atoms with Crippen molar-refractivity contribution in [2.24, 2.45) is 0 Å². The van der Waals surface area contributed by atoms with Gasteiger partial charge in [0.25, 0.3) is 0 Å². The summed E-state index contributed by atoms with van der Waals surface area (Å²) in [6.45, 7) is 1.92. The molecule has 8 heteroatoms. The molecular formula is C16H24N2O5S. The summed E-state index contributed by atoms with van der Waals surface area (Å²) < 4.78 is 37.4. The molecule has 134 valence electrons. The molecule has 1 N–H and O–H groups in total. The zero-order valence-electron chi connectivity index (χ0n) is 13.8. The Morgan fingerprint density at radius 2 is 1.88 bits per heavy atom. The van der Waals surface area contributed by atoms with Gasteiger partial charge in [-0.1, -0.05) is 18.2 Å². The number of ether oxygens (including phenoxy) is 2. The maximum absolute atomic E-state index is 12.3. The summed E-state index contributed by atoms with van der Waals surface area (Å²) in [6.07, 6.45) is 1.19. The van der Waals surface area contributed by atoms with E-state index in [0.717, 1.165) is 0 Å². The van der Waals surface area contributed by atoms with Crippen molar-refractivity contribution < 1.29 is 22.7 Å². The maximum atomic E-state index is 12.3. The molecule has 2 rings (SSSR count). The molecule has 1 saturated heterocycles. The van der Waals surface area contributed by atoms with Crippen LogP contribution in [0.2, 0.25) is 0 Å². The quantitative estimate of drug-likeness (QED) is 0.690. The van der Waals surface area contributed by atoms with E-state index in [0.29, 0.717) is 39.1 Å². The smallest absolute Gasteiger partial charge is 0.248 e. The van der Waals surface area contributed by atoms with Crippen molar-refractivity contribution in [2.75, 3.05) is 40.0 Å². The van der Waals surface area contributed by atoms with Gasteiger partial charge in [-0.15, -0.1) is 0 Å². The van der Waals surface area contributed by atoms with Crippen LogP contribution in [0.15, 0.2) is 35.2 Å². The lowest BCUT2D eigenvalue weighted by Crippen LogP contribution is -2.47. The van der Waals surface area contributed by atoms with Crippen LogP contribution >= 0.6 is 0 Å². The van der Waals surface area contributed by atoms with E-state index in [1.54, 1.807) is 42.3 Å². The van der Waals surface area contributed by atoms with Crippen LogP contribution in [0.1, 0.15) is 12.8 Å². The molecule has 1 amide bonds. The molecule has 0 unspecified atom stereocenters. The number of benzene rings is 1. The molecule has 1 aliphatic heterocycles.